The van der Waals surface area contributed by atoms with Gasteiger partial charge in [0.1, 0.15) is 11.5 Å². The van der Waals surface area contributed by atoms with Gasteiger partial charge in [0.05, 0.1) is 28.0 Å². The van der Waals surface area contributed by atoms with Crippen molar-refractivity contribution >= 4 is 29.1 Å². The van der Waals surface area contributed by atoms with Crippen molar-refractivity contribution in [3.63, 3.8) is 0 Å². The minimum Gasteiger partial charge on any atom is -0.327 e. The number of pyridine rings is 1. The zero-order chi connectivity index (χ0) is 23.4. The molecule has 0 aliphatic carbocycles. The van der Waals surface area contributed by atoms with Crippen LogP contribution in [-0.2, 0) is 13.1 Å². The van der Waals surface area contributed by atoms with E-state index < -0.39 is 17.3 Å². The molecule has 1 amide bonds. The van der Waals surface area contributed by atoms with Crippen LogP contribution < -0.4 is 5.56 Å². The predicted octanol–water partition coefficient (Wildman–Crippen LogP) is 4.92. The Morgan fingerprint density at radius 1 is 0.939 bits per heavy atom. The molecule has 166 valence electrons. The first-order valence-electron chi connectivity index (χ1n) is 9.90. The van der Waals surface area contributed by atoms with Crippen LogP contribution in [0.2, 0.25) is 10.0 Å². The number of aromatic nitrogens is 3. The van der Waals surface area contributed by atoms with Crippen molar-refractivity contribution in [2.45, 2.75) is 13.1 Å². The third-order valence-corrected chi connectivity index (χ3v) is 5.55. The molecule has 0 bridgehead atoms. The highest BCUT2D eigenvalue weighted by Crippen LogP contribution is 2.24. The van der Waals surface area contributed by atoms with Crippen LogP contribution >= 0.6 is 23.2 Å². The minimum atomic E-state index is -0.445. The van der Waals surface area contributed by atoms with Crippen LogP contribution in [0.25, 0.3) is 5.69 Å². The molecular weight excluding hydrogens is 466 g/mol. The Hall–Kier alpha value is -3.55. The van der Waals surface area contributed by atoms with E-state index in [9.17, 15) is 14.0 Å². The lowest BCUT2D eigenvalue weighted by Crippen LogP contribution is -2.33. The standard InChI is InChI=1S/C24H17Cl2FN4O2/c25-20-9-4-16(13-21(20)26)14-30(15-18-3-1-2-12-28-18)24(33)22-10-11-23(32)31(29-22)19-7-5-17(27)6-8-19/h1-13H,14-15H2. The molecule has 0 aliphatic heterocycles. The predicted molar refractivity (Wildman–Crippen MR) is 124 cm³/mol. The summed E-state index contributed by atoms with van der Waals surface area (Å²) in [5, 5.41) is 5.02. The lowest BCUT2D eigenvalue weighted by atomic mass is 10.2. The number of amides is 1. The molecule has 0 spiro atoms. The second-order valence-corrected chi connectivity index (χ2v) is 7.99. The maximum atomic E-state index is 13.5. The van der Waals surface area contributed by atoms with Crippen molar-refractivity contribution in [2.24, 2.45) is 0 Å². The Morgan fingerprint density at radius 2 is 1.73 bits per heavy atom. The summed E-state index contributed by atoms with van der Waals surface area (Å²) >= 11 is 12.2. The number of halogens is 3. The van der Waals surface area contributed by atoms with Gasteiger partial charge in [0.2, 0.25) is 0 Å². The smallest absolute Gasteiger partial charge is 0.274 e. The number of rotatable bonds is 6. The van der Waals surface area contributed by atoms with Gasteiger partial charge in [-0.05, 0) is 60.2 Å². The molecule has 2 aromatic heterocycles. The van der Waals surface area contributed by atoms with E-state index in [0.29, 0.717) is 21.4 Å². The van der Waals surface area contributed by atoms with E-state index in [2.05, 4.69) is 10.1 Å². The van der Waals surface area contributed by atoms with Gasteiger partial charge in [0.15, 0.2) is 0 Å². The second-order valence-electron chi connectivity index (χ2n) is 7.18. The van der Waals surface area contributed by atoms with Gasteiger partial charge in [0.25, 0.3) is 11.5 Å². The lowest BCUT2D eigenvalue weighted by molar-refractivity contribution is 0.0719. The molecule has 0 saturated carbocycles. The Morgan fingerprint density at radius 3 is 2.42 bits per heavy atom. The minimum absolute atomic E-state index is 0.0508. The quantitative estimate of drug-likeness (QED) is 0.391. The normalized spacial score (nSPS) is 10.8. The van der Waals surface area contributed by atoms with E-state index in [4.69, 9.17) is 23.2 Å². The molecule has 0 saturated heterocycles. The van der Waals surface area contributed by atoms with Crippen LogP contribution in [-0.4, -0.2) is 25.6 Å². The number of carbonyl (C=O) groups is 1. The van der Waals surface area contributed by atoms with Gasteiger partial charge in [-0.3, -0.25) is 14.6 Å². The molecule has 4 aromatic rings. The summed E-state index contributed by atoms with van der Waals surface area (Å²) in [6, 6.07) is 18.4. The van der Waals surface area contributed by atoms with E-state index in [-0.39, 0.29) is 18.8 Å². The van der Waals surface area contributed by atoms with Gasteiger partial charge in [0, 0.05) is 18.8 Å². The number of nitrogens with zero attached hydrogens (tertiary/aromatic N) is 4. The zero-order valence-corrected chi connectivity index (χ0v) is 18.7. The first kappa shape index (κ1) is 22.6. The SMILES string of the molecule is O=C(c1ccc(=O)n(-c2ccc(F)cc2)n1)N(Cc1ccc(Cl)c(Cl)c1)Cc1ccccn1. The first-order valence-corrected chi connectivity index (χ1v) is 10.7. The number of hydrogen-bond acceptors (Lipinski definition) is 4. The third kappa shape index (κ3) is 5.45. The van der Waals surface area contributed by atoms with E-state index in [1.54, 1.807) is 35.4 Å². The van der Waals surface area contributed by atoms with Crippen molar-refractivity contribution in [1.82, 2.24) is 19.7 Å². The van der Waals surface area contributed by atoms with Crippen LogP contribution in [0.3, 0.4) is 0 Å². The molecule has 0 fully saturated rings. The topological polar surface area (TPSA) is 68.1 Å². The summed E-state index contributed by atoms with van der Waals surface area (Å²) in [4.78, 5) is 31.6. The van der Waals surface area contributed by atoms with Gasteiger partial charge < -0.3 is 4.90 Å². The molecule has 0 atom stereocenters. The van der Waals surface area contributed by atoms with E-state index in [1.807, 2.05) is 12.1 Å². The first-order chi connectivity index (χ1) is 15.9. The van der Waals surface area contributed by atoms with Gasteiger partial charge >= 0.3 is 0 Å². The van der Waals surface area contributed by atoms with E-state index in [0.717, 1.165) is 10.2 Å². The average Bonchev–Trinajstić information content (AvgIpc) is 2.82. The van der Waals surface area contributed by atoms with Crippen molar-refractivity contribution < 1.29 is 9.18 Å². The zero-order valence-electron chi connectivity index (χ0n) is 17.2. The Kier molecular flexibility index (Phi) is 6.82. The largest absolute Gasteiger partial charge is 0.327 e. The van der Waals surface area contributed by atoms with Gasteiger partial charge in [-0.2, -0.15) is 9.78 Å². The number of benzene rings is 2. The van der Waals surface area contributed by atoms with Crippen molar-refractivity contribution in [3.8, 4) is 5.69 Å². The Labute approximate surface area is 198 Å². The molecule has 0 aliphatic rings. The molecule has 2 aromatic carbocycles. The van der Waals surface area contributed by atoms with Gasteiger partial charge in [-0.15, -0.1) is 0 Å². The maximum absolute atomic E-state index is 13.5. The molecule has 0 radical (unpaired) electrons. The van der Waals surface area contributed by atoms with Gasteiger partial charge in [-0.25, -0.2) is 4.39 Å². The summed E-state index contributed by atoms with van der Waals surface area (Å²) in [5.41, 5.74) is 1.39. The molecule has 0 N–H and O–H groups in total. The summed E-state index contributed by atoms with van der Waals surface area (Å²) in [6.45, 7) is 0.418. The fourth-order valence-corrected chi connectivity index (χ4v) is 3.52. The van der Waals surface area contributed by atoms with Crippen LogP contribution in [0.15, 0.2) is 83.8 Å². The highest BCUT2D eigenvalue weighted by molar-refractivity contribution is 6.42. The van der Waals surface area contributed by atoms with Crippen LogP contribution in [0.4, 0.5) is 4.39 Å². The van der Waals surface area contributed by atoms with Crippen LogP contribution in [0, 0.1) is 5.82 Å². The summed E-state index contributed by atoms with van der Waals surface area (Å²) < 4.78 is 14.4. The van der Waals surface area contributed by atoms with Gasteiger partial charge in [-0.1, -0.05) is 35.3 Å². The Bertz CT molecular complexity index is 1340. The summed E-state index contributed by atoms with van der Waals surface area (Å²) in [5.74, 6) is -0.857. The molecule has 4 rings (SSSR count). The highest BCUT2D eigenvalue weighted by Gasteiger charge is 2.20. The van der Waals surface area contributed by atoms with Crippen molar-refractivity contribution in [3.05, 3.63) is 122 Å². The molecule has 2 heterocycles. The average molecular weight is 483 g/mol. The molecule has 33 heavy (non-hydrogen) atoms. The highest BCUT2D eigenvalue weighted by atomic mass is 35.5. The van der Waals surface area contributed by atoms with Crippen LogP contribution in [0.5, 0.6) is 0 Å². The summed E-state index contributed by atoms with van der Waals surface area (Å²) in [6.07, 6.45) is 1.64. The summed E-state index contributed by atoms with van der Waals surface area (Å²) in [7, 11) is 0. The van der Waals surface area contributed by atoms with E-state index in [1.165, 1.54) is 36.4 Å². The lowest BCUT2D eigenvalue weighted by Gasteiger charge is -2.22. The van der Waals surface area contributed by atoms with Crippen molar-refractivity contribution in [1.29, 1.82) is 0 Å². The molecular formula is C24H17Cl2FN4O2. The molecule has 0 unspecified atom stereocenters. The van der Waals surface area contributed by atoms with Crippen molar-refractivity contribution in [2.75, 3.05) is 0 Å². The number of carbonyl (C=O) groups excluding carboxylic acids is 1. The monoisotopic (exact) mass is 482 g/mol. The number of hydrogen-bond donors (Lipinski definition) is 0. The fraction of sp³-hybridized carbons (Fsp3) is 0.0833. The maximum Gasteiger partial charge on any atom is 0.274 e. The second kappa shape index (κ2) is 9.94. The molecule has 6 nitrogen and oxygen atoms in total. The molecule has 9 heteroatoms. The van der Waals surface area contributed by atoms with E-state index >= 15 is 0 Å². The fourth-order valence-electron chi connectivity index (χ4n) is 3.20. The Balaban J connectivity index is 1.69. The van der Waals surface area contributed by atoms with Crippen LogP contribution in [0.1, 0.15) is 21.7 Å². The third-order valence-electron chi connectivity index (χ3n) is 4.81.